The molecule has 0 radical (unpaired) electrons. The molecule has 0 aromatic heterocycles. The summed E-state index contributed by atoms with van der Waals surface area (Å²) in [6.07, 6.45) is 3.28. The number of carbonyl (C=O) groups is 4. The number of Topliss-reactive ketones (excluding diaryl/α,β-unsaturated/α-hetero) is 1. The normalized spacial score (nSPS) is 33.5. The van der Waals surface area contributed by atoms with Crippen LogP contribution in [0.5, 0.6) is 0 Å². The van der Waals surface area contributed by atoms with Crippen LogP contribution >= 0.6 is 0 Å². The number of hydrogen-bond acceptors (Lipinski definition) is 7. The van der Waals surface area contributed by atoms with Crippen molar-refractivity contribution in [3.05, 3.63) is 0 Å². The number of ketones is 1. The average molecular weight is 467 g/mol. The lowest BCUT2D eigenvalue weighted by molar-refractivity contribution is -0.178. The summed E-state index contributed by atoms with van der Waals surface area (Å²) in [7, 11) is 0. The summed E-state index contributed by atoms with van der Waals surface area (Å²) in [5, 5.41) is 0. The van der Waals surface area contributed by atoms with E-state index >= 15 is 0 Å². The molecular weight excluding hydrogens is 424 g/mol. The van der Waals surface area contributed by atoms with E-state index in [0.29, 0.717) is 32.3 Å². The fourth-order valence-corrected chi connectivity index (χ4v) is 6.94. The van der Waals surface area contributed by atoms with E-state index in [2.05, 4.69) is 27.7 Å². The quantitative estimate of drug-likeness (QED) is 0.361. The third kappa shape index (κ3) is 5.27. The average Bonchev–Trinajstić information content (AvgIpc) is 2.92. The van der Waals surface area contributed by atoms with Crippen LogP contribution in [0.1, 0.15) is 93.9 Å². The van der Waals surface area contributed by atoms with Crippen LogP contribution < -0.4 is 0 Å². The van der Waals surface area contributed by atoms with Crippen LogP contribution in [0.15, 0.2) is 0 Å². The summed E-state index contributed by atoms with van der Waals surface area (Å²) < 4.78 is 16.6. The molecule has 2 aliphatic carbocycles. The summed E-state index contributed by atoms with van der Waals surface area (Å²) in [5.74, 6) is -0.641. The van der Waals surface area contributed by atoms with Gasteiger partial charge in [-0.25, -0.2) is 0 Å². The molecule has 188 valence electrons. The van der Waals surface area contributed by atoms with Crippen LogP contribution in [0.25, 0.3) is 0 Å². The van der Waals surface area contributed by atoms with E-state index in [-0.39, 0.29) is 47.0 Å². The van der Waals surface area contributed by atoms with Gasteiger partial charge in [0, 0.05) is 26.2 Å². The molecule has 7 heteroatoms. The van der Waals surface area contributed by atoms with Gasteiger partial charge in [-0.3, -0.25) is 19.2 Å². The first-order valence-electron chi connectivity index (χ1n) is 12.2. The van der Waals surface area contributed by atoms with Gasteiger partial charge in [0.05, 0.1) is 12.0 Å². The second kappa shape index (κ2) is 10.1. The molecule has 6 atom stereocenters. The predicted molar refractivity (Wildman–Crippen MR) is 123 cm³/mol. The fourth-order valence-electron chi connectivity index (χ4n) is 6.94. The van der Waals surface area contributed by atoms with E-state index in [1.807, 2.05) is 0 Å². The van der Waals surface area contributed by atoms with Crippen molar-refractivity contribution in [2.45, 2.75) is 106 Å². The van der Waals surface area contributed by atoms with Gasteiger partial charge < -0.3 is 14.2 Å². The highest BCUT2D eigenvalue weighted by Crippen LogP contribution is 2.69. The Morgan fingerprint density at radius 2 is 1.45 bits per heavy atom. The van der Waals surface area contributed by atoms with Crippen molar-refractivity contribution in [1.29, 1.82) is 0 Å². The van der Waals surface area contributed by atoms with Crippen molar-refractivity contribution >= 4 is 23.7 Å². The number of hydrogen-bond donors (Lipinski definition) is 0. The molecule has 33 heavy (non-hydrogen) atoms. The van der Waals surface area contributed by atoms with Crippen LogP contribution in [0, 0.1) is 28.1 Å². The number of fused-ring (bicyclic) bond motifs is 1. The maximum absolute atomic E-state index is 13.5. The summed E-state index contributed by atoms with van der Waals surface area (Å²) >= 11 is 0. The first kappa shape index (κ1) is 27.3. The third-order valence-electron chi connectivity index (χ3n) is 8.63. The van der Waals surface area contributed by atoms with E-state index < -0.39 is 16.9 Å². The van der Waals surface area contributed by atoms with Gasteiger partial charge in [-0.15, -0.1) is 0 Å². The molecule has 2 aliphatic rings. The Bertz CT molecular complexity index is 773. The summed E-state index contributed by atoms with van der Waals surface area (Å²) in [6.45, 7) is 14.7. The van der Waals surface area contributed by atoms with Crippen molar-refractivity contribution < 1.29 is 33.4 Å². The molecule has 0 N–H and O–H groups in total. The minimum Gasteiger partial charge on any atom is -0.466 e. The number of esters is 3. The molecule has 0 spiro atoms. The topological polar surface area (TPSA) is 96.0 Å². The molecule has 0 bridgehead atoms. The Kier molecular flexibility index (Phi) is 8.40. The van der Waals surface area contributed by atoms with E-state index in [9.17, 15) is 19.2 Å². The largest absolute Gasteiger partial charge is 0.466 e. The second-order valence-corrected chi connectivity index (χ2v) is 11.1. The standard InChI is InChI=1S/C26H42O7/c1-16(11-14-31-18(3)28)9-13-26(17(2)27)23(33-20(5)30)15-21-24(6,7)22(32-19(4)29)10-12-25(21,26)8/h16,21-23H,9-15H2,1-8H3/t16-,21+,22-,23-,25-,26+/m0/s1. The molecule has 0 saturated heterocycles. The molecule has 2 fully saturated rings. The van der Waals surface area contributed by atoms with Crippen molar-refractivity contribution in [3.63, 3.8) is 0 Å². The van der Waals surface area contributed by atoms with E-state index in [0.717, 1.165) is 12.8 Å². The van der Waals surface area contributed by atoms with Crippen molar-refractivity contribution in [2.24, 2.45) is 28.1 Å². The molecular formula is C26H42O7. The lowest BCUT2D eigenvalue weighted by Crippen LogP contribution is -2.56. The van der Waals surface area contributed by atoms with Gasteiger partial charge >= 0.3 is 17.9 Å². The van der Waals surface area contributed by atoms with Crippen molar-refractivity contribution in [3.8, 4) is 0 Å². The van der Waals surface area contributed by atoms with Gasteiger partial charge in [0.15, 0.2) is 0 Å². The minimum atomic E-state index is -0.808. The zero-order chi connectivity index (χ0) is 25.2. The Balaban J connectivity index is 2.39. The molecule has 0 unspecified atom stereocenters. The van der Waals surface area contributed by atoms with Crippen molar-refractivity contribution in [2.75, 3.05) is 6.61 Å². The SMILES string of the molecule is CC(=O)OCC[C@@H](C)CC[C@@]1(C(C)=O)[C@@H](OC(C)=O)C[C@@H]2C(C)(C)[C@@H](OC(C)=O)CC[C@@]21C. The Morgan fingerprint density at radius 3 is 1.97 bits per heavy atom. The highest BCUT2D eigenvalue weighted by molar-refractivity contribution is 5.85. The van der Waals surface area contributed by atoms with Crippen LogP contribution in [0.3, 0.4) is 0 Å². The molecule has 0 aromatic carbocycles. The molecule has 0 aromatic rings. The van der Waals surface area contributed by atoms with Crippen LogP contribution in [0.4, 0.5) is 0 Å². The first-order valence-corrected chi connectivity index (χ1v) is 12.2. The van der Waals surface area contributed by atoms with E-state index in [1.54, 1.807) is 6.92 Å². The number of rotatable bonds is 9. The van der Waals surface area contributed by atoms with Crippen molar-refractivity contribution in [1.82, 2.24) is 0 Å². The van der Waals surface area contributed by atoms with Gasteiger partial charge in [0.25, 0.3) is 0 Å². The summed E-state index contributed by atoms with van der Waals surface area (Å²) in [6, 6.07) is 0. The smallest absolute Gasteiger partial charge is 0.302 e. The maximum atomic E-state index is 13.5. The fraction of sp³-hybridized carbons (Fsp3) is 0.846. The lowest BCUT2D eigenvalue weighted by Gasteiger charge is -2.56. The van der Waals surface area contributed by atoms with E-state index in [1.165, 1.54) is 20.8 Å². The molecule has 0 heterocycles. The molecule has 7 nitrogen and oxygen atoms in total. The summed E-state index contributed by atoms with van der Waals surface area (Å²) in [5.41, 5.74) is -1.57. The van der Waals surface area contributed by atoms with Gasteiger partial charge in [-0.2, -0.15) is 0 Å². The van der Waals surface area contributed by atoms with Gasteiger partial charge in [0.1, 0.15) is 18.0 Å². The number of carbonyl (C=O) groups excluding carboxylic acids is 4. The first-order chi connectivity index (χ1) is 15.2. The van der Waals surface area contributed by atoms with Gasteiger partial charge in [-0.1, -0.05) is 27.7 Å². The predicted octanol–water partition coefficient (Wildman–Crippen LogP) is 4.64. The Morgan fingerprint density at radius 1 is 0.879 bits per heavy atom. The van der Waals surface area contributed by atoms with E-state index in [4.69, 9.17) is 14.2 Å². The monoisotopic (exact) mass is 466 g/mol. The lowest BCUT2D eigenvalue weighted by atomic mass is 9.49. The zero-order valence-corrected chi connectivity index (χ0v) is 21.6. The second-order valence-electron chi connectivity index (χ2n) is 11.1. The van der Waals surface area contributed by atoms with Gasteiger partial charge in [0.2, 0.25) is 0 Å². The Hall–Kier alpha value is -1.92. The van der Waals surface area contributed by atoms with Crippen LogP contribution in [0.2, 0.25) is 0 Å². The van der Waals surface area contributed by atoms with Crippen LogP contribution in [-0.4, -0.2) is 42.5 Å². The Labute approximate surface area is 198 Å². The van der Waals surface area contributed by atoms with Gasteiger partial charge in [-0.05, 0) is 62.7 Å². The highest BCUT2D eigenvalue weighted by atomic mass is 16.6. The highest BCUT2D eigenvalue weighted by Gasteiger charge is 2.70. The molecule has 2 rings (SSSR count). The minimum absolute atomic E-state index is 0.0488. The molecule has 0 amide bonds. The summed E-state index contributed by atoms with van der Waals surface area (Å²) in [4.78, 5) is 48.4. The third-order valence-corrected chi connectivity index (χ3v) is 8.63. The maximum Gasteiger partial charge on any atom is 0.302 e. The molecule has 0 aliphatic heterocycles. The zero-order valence-electron chi connectivity index (χ0n) is 21.6. The van der Waals surface area contributed by atoms with Crippen LogP contribution in [-0.2, 0) is 33.4 Å². The number of ether oxygens (including phenoxy) is 3. The molecule has 2 saturated carbocycles.